The van der Waals surface area contributed by atoms with Gasteiger partial charge >= 0.3 is 16.3 Å². The molecular formula is C47H52N4O8S. The second kappa shape index (κ2) is 19.6. The highest BCUT2D eigenvalue weighted by Crippen LogP contribution is 2.40. The van der Waals surface area contributed by atoms with Gasteiger partial charge < -0.3 is 23.1 Å². The van der Waals surface area contributed by atoms with Crippen LogP contribution in [0.2, 0.25) is 0 Å². The van der Waals surface area contributed by atoms with E-state index in [4.69, 9.17) is 23.1 Å². The first-order valence-electron chi connectivity index (χ1n) is 20.4. The number of esters is 1. The number of benzene rings is 5. The minimum Gasteiger partial charge on any atom is -0.489 e. The third kappa shape index (κ3) is 10.2. The lowest BCUT2D eigenvalue weighted by atomic mass is 9.83. The molecule has 1 aliphatic heterocycles. The molecule has 6 aromatic rings. The molecule has 1 aromatic heterocycles. The number of nitrogens with zero attached hydrogens (tertiary/aromatic N) is 4. The fraction of sp³-hybridized carbons (Fsp3) is 0.340. The number of hydrogen-bond acceptors (Lipinski definition) is 10. The standard InChI is InChI=1S/C47H52N4O8S/c1-5-57-46(52)29-43(41-20-21-44-47(34(41)3)48-49-50(44)23-12-24-55-25-26-56-31-36-13-8-6-9-14-36)38-18-17-33(2)42(28-38)35(4)51-30-39-27-40(19-22-45(39)59-60(51,53)54)58-32-37-15-10-7-11-16-37/h6-11,13-22,27-28,35,43H,5,12,23-26,29-32H2,1-4H3/t35-,43?/m1/s1. The smallest absolute Gasteiger partial charge is 0.386 e. The molecule has 12 nitrogen and oxygen atoms in total. The van der Waals surface area contributed by atoms with Gasteiger partial charge in [0, 0.05) is 31.2 Å². The molecule has 0 radical (unpaired) electrons. The summed E-state index contributed by atoms with van der Waals surface area (Å²) < 4.78 is 59.2. The zero-order valence-corrected chi connectivity index (χ0v) is 35.4. The van der Waals surface area contributed by atoms with Crippen LogP contribution in [0.3, 0.4) is 0 Å². The van der Waals surface area contributed by atoms with Gasteiger partial charge in [-0.15, -0.1) is 5.10 Å². The maximum absolute atomic E-state index is 13.7. The highest BCUT2D eigenvalue weighted by Gasteiger charge is 2.37. The molecule has 7 rings (SSSR count). The van der Waals surface area contributed by atoms with Gasteiger partial charge in [-0.05, 0) is 97.3 Å². The number of rotatable bonds is 19. The fourth-order valence-electron chi connectivity index (χ4n) is 7.63. The lowest BCUT2D eigenvalue weighted by Crippen LogP contribution is -2.39. The van der Waals surface area contributed by atoms with Gasteiger partial charge in [0.2, 0.25) is 0 Å². The van der Waals surface area contributed by atoms with Crippen molar-refractivity contribution >= 4 is 27.3 Å². The molecule has 0 saturated heterocycles. The molecule has 5 aromatic carbocycles. The summed E-state index contributed by atoms with van der Waals surface area (Å²) in [5.41, 5.74) is 8.86. The number of hydrogen-bond donors (Lipinski definition) is 0. The van der Waals surface area contributed by atoms with Crippen molar-refractivity contribution < 1.29 is 36.3 Å². The van der Waals surface area contributed by atoms with Crippen LogP contribution in [-0.2, 0) is 55.6 Å². The average molecular weight is 833 g/mol. The molecule has 0 fully saturated rings. The van der Waals surface area contributed by atoms with Crippen LogP contribution in [0.4, 0.5) is 0 Å². The Morgan fingerprint density at radius 2 is 1.57 bits per heavy atom. The van der Waals surface area contributed by atoms with E-state index >= 15 is 0 Å². The van der Waals surface area contributed by atoms with Crippen molar-refractivity contribution in [2.24, 2.45) is 0 Å². The molecule has 1 aliphatic rings. The number of carbonyl (C=O) groups excluding carboxylic acids is 1. The summed E-state index contributed by atoms with van der Waals surface area (Å²) in [7, 11) is -4.15. The van der Waals surface area contributed by atoms with Crippen molar-refractivity contribution in [3.63, 3.8) is 0 Å². The molecular weight excluding hydrogens is 781 g/mol. The lowest BCUT2D eigenvalue weighted by Gasteiger charge is -2.33. The quantitative estimate of drug-likeness (QED) is 0.0578. The maximum Gasteiger partial charge on any atom is 0.386 e. The predicted octanol–water partition coefficient (Wildman–Crippen LogP) is 8.54. The third-order valence-electron chi connectivity index (χ3n) is 10.9. The van der Waals surface area contributed by atoms with Gasteiger partial charge in [0.1, 0.15) is 23.6 Å². The van der Waals surface area contributed by atoms with E-state index < -0.39 is 22.3 Å². The molecule has 60 heavy (non-hydrogen) atoms. The molecule has 2 atom stereocenters. The Labute approximate surface area is 352 Å². The average Bonchev–Trinajstić information content (AvgIpc) is 3.67. The number of aryl methyl sites for hydroxylation is 3. The lowest BCUT2D eigenvalue weighted by molar-refractivity contribution is -0.143. The van der Waals surface area contributed by atoms with Crippen LogP contribution in [-0.4, -0.2) is 60.1 Å². The summed E-state index contributed by atoms with van der Waals surface area (Å²) in [6, 6.07) is 34.5. The summed E-state index contributed by atoms with van der Waals surface area (Å²) in [5, 5.41) is 9.04. The van der Waals surface area contributed by atoms with E-state index in [9.17, 15) is 13.2 Å². The van der Waals surface area contributed by atoms with Crippen molar-refractivity contribution in [2.75, 3.05) is 26.4 Å². The van der Waals surface area contributed by atoms with E-state index in [2.05, 4.69) is 10.3 Å². The molecule has 314 valence electrons. The number of ether oxygens (including phenoxy) is 4. The molecule has 1 unspecified atom stereocenters. The first-order valence-corrected chi connectivity index (χ1v) is 21.8. The molecule has 0 bridgehead atoms. The molecule has 2 heterocycles. The zero-order chi connectivity index (χ0) is 42.1. The normalized spacial score (nSPS) is 14.6. The second-order valence-corrected chi connectivity index (χ2v) is 16.4. The summed E-state index contributed by atoms with van der Waals surface area (Å²) in [5.74, 6) is 0.162. The summed E-state index contributed by atoms with van der Waals surface area (Å²) in [6.45, 7) is 11.1. The van der Waals surface area contributed by atoms with Gasteiger partial charge in [-0.3, -0.25) is 4.79 Å². The van der Waals surface area contributed by atoms with Gasteiger partial charge in [0.25, 0.3) is 0 Å². The van der Waals surface area contributed by atoms with E-state index in [0.29, 0.717) is 50.9 Å². The fourth-order valence-corrected chi connectivity index (χ4v) is 8.91. The number of aromatic nitrogens is 3. The SMILES string of the molecule is CCOC(=O)CC(c1ccc(C)c([C@@H](C)N2Cc3cc(OCc4ccccc4)ccc3OS2(=O)=O)c1)c1ccc2c(nnn2CCCOCCOCc2ccccc2)c1C. The first-order chi connectivity index (χ1) is 29.1. The minimum absolute atomic E-state index is 0.0852. The van der Waals surface area contributed by atoms with Crippen LogP contribution in [0.15, 0.2) is 109 Å². The molecule has 0 aliphatic carbocycles. The third-order valence-corrected chi connectivity index (χ3v) is 12.3. The van der Waals surface area contributed by atoms with Crippen LogP contribution in [0.5, 0.6) is 11.5 Å². The Morgan fingerprint density at radius 3 is 2.32 bits per heavy atom. The Balaban J connectivity index is 1.06. The van der Waals surface area contributed by atoms with E-state index in [1.54, 1.807) is 19.1 Å². The van der Waals surface area contributed by atoms with Crippen LogP contribution >= 0.6 is 0 Å². The summed E-state index contributed by atoms with van der Waals surface area (Å²) >= 11 is 0. The van der Waals surface area contributed by atoms with Crippen LogP contribution in [0, 0.1) is 13.8 Å². The van der Waals surface area contributed by atoms with Gasteiger partial charge in [-0.2, -0.15) is 12.7 Å². The largest absolute Gasteiger partial charge is 0.489 e. The predicted molar refractivity (Wildman–Crippen MR) is 229 cm³/mol. The number of fused-ring (bicyclic) bond motifs is 2. The Hall–Kier alpha value is -5.60. The highest BCUT2D eigenvalue weighted by molar-refractivity contribution is 7.84. The van der Waals surface area contributed by atoms with Crippen molar-refractivity contribution in [1.82, 2.24) is 19.3 Å². The summed E-state index contributed by atoms with van der Waals surface area (Å²) in [4.78, 5) is 13.2. The van der Waals surface area contributed by atoms with Gasteiger partial charge in [0.15, 0.2) is 0 Å². The second-order valence-electron chi connectivity index (χ2n) is 14.9. The van der Waals surface area contributed by atoms with Crippen molar-refractivity contribution in [3.8, 4) is 11.5 Å². The molecule has 0 spiro atoms. The van der Waals surface area contributed by atoms with Crippen molar-refractivity contribution in [2.45, 2.75) is 78.8 Å². The monoisotopic (exact) mass is 832 g/mol. The van der Waals surface area contributed by atoms with Gasteiger partial charge in [-0.1, -0.05) is 90.1 Å². The Kier molecular flexibility index (Phi) is 13.9. The van der Waals surface area contributed by atoms with E-state index in [1.807, 2.05) is 123 Å². The molecule has 0 N–H and O–H groups in total. The van der Waals surface area contributed by atoms with Gasteiger partial charge in [0.05, 0.1) is 44.4 Å². The summed E-state index contributed by atoms with van der Waals surface area (Å²) in [6.07, 6.45) is 0.835. The van der Waals surface area contributed by atoms with E-state index in [1.165, 1.54) is 4.31 Å². The number of carbonyl (C=O) groups is 1. The highest BCUT2D eigenvalue weighted by atomic mass is 32.2. The van der Waals surface area contributed by atoms with Crippen LogP contribution in [0.25, 0.3) is 11.0 Å². The van der Waals surface area contributed by atoms with E-state index in [-0.39, 0.29) is 31.3 Å². The maximum atomic E-state index is 13.7. The van der Waals surface area contributed by atoms with E-state index in [0.717, 1.165) is 56.4 Å². The van der Waals surface area contributed by atoms with Gasteiger partial charge in [-0.25, -0.2) is 4.68 Å². The Bertz CT molecular complexity index is 2490. The minimum atomic E-state index is -4.15. The van der Waals surface area contributed by atoms with Crippen LogP contribution < -0.4 is 8.92 Å². The first kappa shape index (κ1) is 42.5. The zero-order valence-electron chi connectivity index (χ0n) is 34.6. The Morgan fingerprint density at radius 1 is 0.833 bits per heavy atom. The molecule has 13 heteroatoms. The van der Waals surface area contributed by atoms with Crippen molar-refractivity contribution in [3.05, 3.63) is 154 Å². The van der Waals surface area contributed by atoms with Crippen LogP contribution in [0.1, 0.15) is 83.2 Å². The topological polar surface area (TPSA) is 131 Å². The molecule has 0 amide bonds. The molecule has 0 saturated carbocycles. The van der Waals surface area contributed by atoms with Crippen molar-refractivity contribution in [1.29, 1.82) is 0 Å².